The molecule has 0 atom stereocenters. The van der Waals surface area contributed by atoms with Gasteiger partial charge in [0, 0.05) is 5.02 Å². The molecule has 0 amide bonds. The number of rotatable bonds is 3. The number of hydrogen-bond acceptors (Lipinski definition) is 5. The van der Waals surface area contributed by atoms with Crippen molar-refractivity contribution in [3.8, 4) is 0 Å². The summed E-state index contributed by atoms with van der Waals surface area (Å²) in [6.07, 6.45) is 0. The van der Waals surface area contributed by atoms with E-state index in [4.69, 9.17) is 11.6 Å². The summed E-state index contributed by atoms with van der Waals surface area (Å²) in [6.45, 7) is 1.48. The van der Waals surface area contributed by atoms with Gasteiger partial charge in [-0.2, -0.15) is 11.0 Å². The van der Waals surface area contributed by atoms with Gasteiger partial charge in [0.15, 0.2) is 0 Å². The van der Waals surface area contributed by atoms with Gasteiger partial charge in [-0.3, -0.25) is 5.43 Å². The molecule has 0 saturated carbocycles. The number of anilines is 1. The van der Waals surface area contributed by atoms with E-state index < -0.39 is 5.97 Å². The Hall–Kier alpha value is -1.59. The molecule has 0 bridgehead atoms. The minimum Gasteiger partial charge on any atom is -0.369 e. The van der Waals surface area contributed by atoms with E-state index in [2.05, 4.69) is 21.3 Å². The Morgan fingerprint density at radius 1 is 1.47 bits per heavy atom. The number of nitrogens with two attached hydrogens (primary N) is 1. The van der Waals surface area contributed by atoms with E-state index in [1.165, 1.54) is 6.92 Å². The molecule has 0 aliphatic carbocycles. The summed E-state index contributed by atoms with van der Waals surface area (Å²) in [5.41, 5.74) is 3.50. The highest BCUT2D eigenvalue weighted by atomic mass is 35.5. The zero-order valence-corrected chi connectivity index (χ0v) is 8.78. The lowest BCUT2D eigenvalue weighted by atomic mass is 10.3. The molecule has 1 aromatic rings. The number of nitrogens with zero attached hydrogens (tertiary/aromatic N) is 1. The Bertz CT molecular complexity index is 375. The van der Waals surface area contributed by atoms with Crippen molar-refractivity contribution in [1.29, 1.82) is 0 Å². The van der Waals surface area contributed by atoms with Crippen molar-refractivity contribution in [2.45, 2.75) is 6.92 Å². The monoisotopic (exact) mass is 227 g/mol. The van der Waals surface area contributed by atoms with Gasteiger partial charge in [0.05, 0.1) is 5.69 Å². The molecule has 15 heavy (non-hydrogen) atoms. The summed E-state index contributed by atoms with van der Waals surface area (Å²) in [4.78, 5) is 14.8. The lowest BCUT2D eigenvalue weighted by molar-refractivity contribution is -0.136. The van der Waals surface area contributed by atoms with E-state index in [0.29, 0.717) is 10.7 Å². The Kier molecular flexibility index (Phi) is 4.08. The molecule has 0 saturated heterocycles. The van der Waals surface area contributed by atoms with Gasteiger partial charge < -0.3 is 4.84 Å². The maximum atomic E-state index is 10.8. The second-order valence-electron chi connectivity index (χ2n) is 2.72. The average molecular weight is 228 g/mol. The Balaban J connectivity index is 2.63. The number of nitrogens with one attached hydrogen (secondary N) is 1. The van der Waals surface area contributed by atoms with Crippen molar-refractivity contribution in [3.05, 3.63) is 29.3 Å². The van der Waals surface area contributed by atoms with Gasteiger partial charge in [0.1, 0.15) is 5.71 Å². The standard InChI is InChI=1S/C9H10ClN3O2/c1-6(9(14)15-11)12-13-8-4-2-7(10)3-5-8/h2-5,13H,11H2,1H3/b12-6+. The first-order valence-electron chi connectivity index (χ1n) is 4.10. The third-order valence-corrected chi connectivity index (χ3v) is 1.85. The van der Waals surface area contributed by atoms with Gasteiger partial charge in [-0.15, -0.1) is 0 Å². The molecule has 5 nitrogen and oxygen atoms in total. The molecular weight excluding hydrogens is 218 g/mol. The first-order chi connectivity index (χ1) is 7.13. The second-order valence-corrected chi connectivity index (χ2v) is 3.16. The Morgan fingerprint density at radius 2 is 2.07 bits per heavy atom. The van der Waals surface area contributed by atoms with E-state index in [0.717, 1.165) is 0 Å². The van der Waals surface area contributed by atoms with Crippen LogP contribution < -0.4 is 11.3 Å². The van der Waals surface area contributed by atoms with Crippen LogP contribution in [-0.2, 0) is 9.63 Å². The first-order valence-corrected chi connectivity index (χ1v) is 4.48. The van der Waals surface area contributed by atoms with Gasteiger partial charge in [-0.05, 0) is 31.2 Å². The molecule has 0 spiro atoms. The molecular formula is C9H10ClN3O2. The highest BCUT2D eigenvalue weighted by Gasteiger charge is 2.04. The van der Waals surface area contributed by atoms with Crippen molar-refractivity contribution in [1.82, 2.24) is 0 Å². The summed E-state index contributed by atoms with van der Waals surface area (Å²) < 4.78 is 0. The molecule has 1 aromatic carbocycles. The van der Waals surface area contributed by atoms with Crippen molar-refractivity contribution in [2.75, 3.05) is 5.43 Å². The number of benzene rings is 1. The summed E-state index contributed by atoms with van der Waals surface area (Å²) in [6, 6.07) is 6.87. The molecule has 3 N–H and O–H groups in total. The molecule has 0 radical (unpaired) electrons. The molecule has 0 aromatic heterocycles. The quantitative estimate of drug-likeness (QED) is 0.607. The summed E-state index contributed by atoms with van der Waals surface area (Å²) >= 11 is 5.69. The van der Waals surface area contributed by atoms with E-state index in [9.17, 15) is 4.79 Å². The predicted octanol–water partition coefficient (Wildman–Crippen LogP) is 1.54. The summed E-state index contributed by atoms with van der Waals surface area (Å²) in [5.74, 6) is 4.00. The molecule has 0 heterocycles. The fourth-order valence-electron chi connectivity index (χ4n) is 0.804. The molecule has 0 unspecified atom stereocenters. The smallest absolute Gasteiger partial charge is 0.369 e. The lowest BCUT2D eigenvalue weighted by Gasteiger charge is -2.01. The zero-order valence-electron chi connectivity index (χ0n) is 8.03. The van der Waals surface area contributed by atoms with Crippen LogP contribution in [0.5, 0.6) is 0 Å². The van der Waals surface area contributed by atoms with Gasteiger partial charge in [0.25, 0.3) is 0 Å². The molecule has 0 fully saturated rings. The average Bonchev–Trinajstić information content (AvgIpc) is 2.26. The van der Waals surface area contributed by atoms with Gasteiger partial charge >= 0.3 is 5.97 Å². The summed E-state index contributed by atoms with van der Waals surface area (Å²) in [5, 5.41) is 4.39. The number of carbonyl (C=O) groups is 1. The molecule has 80 valence electrons. The SMILES string of the molecule is C/C(=N\Nc1ccc(Cl)cc1)C(=O)ON. The van der Waals surface area contributed by atoms with Crippen LogP contribution in [0, 0.1) is 0 Å². The van der Waals surface area contributed by atoms with Crippen LogP contribution in [0.2, 0.25) is 5.02 Å². The predicted molar refractivity (Wildman–Crippen MR) is 58.5 cm³/mol. The number of halogens is 1. The maximum Gasteiger partial charge on any atom is 0.372 e. The highest BCUT2D eigenvalue weighted by Crippen LogP contribution is 2.13. The van der Waals surface area contributed by atoms with Crippen LogP contribution in [0.4, 0.5) is 5.69 Å². The van der Waals surface area contributed by atoms with Crippen LogP contribution in [-0.4, -0.2) is 11.7 Å². The minimum atomic E-state index is -0.684. The number of hydrazone groups is 1. The minimum absolute atomic E-state index is 0.132. The van der Waals surface area contributed by atoms with E-state index in [-0.39, 0.29) is 5.71 Å². The lowest BCUT2D eigenvalue weighted by Crippen LogP contribution is -2.19. The third kappa shape index (κ3) is 3.57. The van der Waals surface area contributed by atoms with Crippen molar-refractivity contribution >= 4 is 29.0 Å². The molecule has 6 heteroatoms. The van der Waals surface area contributed by atoms with Crippen LogP contribution in [0.3, 0.4) is 0 Å². The van der Waals surface area contributed by atoms with Crippen molar-refractivity contribution in [3.63, 3.8) is 0 Å². The maximum absolute atomic E-state index is 10.8. The van der Waals surface area contributed by atoms with Crippen molar-refractivity contribution in [2.24, 2.45) is 11.0 Å². The fourth-order valence-corrected chi connectivity index (χ4v) is 0.930. The van der Waals surface area contributed by atoms with Crippen molar-refractivity contribution < 1.29 is 9.63 Å². The second kappa shape index (κ2) is 5.33. The molecule has 0 aliphatic rings. The van der Waals surface area contributed by atoms with E-state index >= 15 is 0 Å². The van der Waals surface area contributed by atoms with E-state index in [1.807, 2.05) is 0 Å². The van der Waals surface area contributed by atoms with Crippen LogP contribution in [0.1, 0.15) is 6.92 Å². The van der Waals surface area contributed by atoms with Gasteiger partial charge in [-0.1, -0.05) is 11.6 Å². The molecule has 1 rings (SSSR count). The third-order valence-electron chi connectivity index (χ3n) is 1.60. The zero-order chi connectivity index (χ0) is 11.3. The topological polar surface area (TPSA) is 76.7 Å². The van der Waals surface area contributed by atoms with Crippen LogP contribution in [0.25, 0.3) is 0 Å². The summed E-state index contributed by atoms with van der Waals surface area (Å²) in [7, 11) is 0. The van der Waals surface area contributed by atoms with Gasteiger partial charge in [0.2, 0.25) is 0 Å². The Morgan fingerprint density at radius 3 is 2.60 bits per heavy atom. The first kappa shape index (κ1) is 11.5. The van der Waals surface area contributed by atoms with Crippen LogP contribution in [0.15, 0.2) is 29.4 Å². The van der Waals surface area contributed by atoms with E-state index in [1.54, 1.807) is 24.3 Å². The number of carbonyl (C=O) groups excluding carboxylic acids is 1. The largest absolute Gasteiger partial charge is 0.372 e. The highest BCUT2D eigenvalue weighted by molar-refractivity contribution is 6.35. The number of hydrogen-bond donors (Lipinski definition) is 2. The normalized spacial score (nSPS) is 11.0. The fraction of sp³-hybridized carbons (Fsp3) is 0.111. The molecule has 0 aliphatic heterocycles. The van der Waals surface area contributed by atoms with Crippen LogP contribution >= 0.6 is 11.6 Å². The Labute approximate surface area is 91.8 Å². The van der Waals surface area contributed by atoms with Gasteiger partial charge in [-0.25, -0.2) is 4.79 Å².